The van der Waals surface area contributed by atoms with Crippen molar-refractivity contribution >= 4 is 59.6 Å². The second-order valence-corrected chi connectivity index (χ2v) is 11.9. The molecule has 0 spiro atoms. The number of carbonyl (C=O) groups excluding carboxylic acids is 1. The van der Waals surface area contributed by atoms with Gasteiger partial charge in [-0.25, -0.2) is 0 Å². The molecule has 0 bridgehead atoms. The number of rotatable bonds is 4. The maximum absolute atomic E-state index is 12.8. The van der Waals surface area contributed by atoms with Gasteiger partial charge < -0.3 is 8.83 Å². The minimum atomic E-state index is -4.50. The monoisotopic (exact) mass is 750 g/mol. The molecule has 6 aromatic rings. The third kappa shape index (κ3) is 6.89. The Balaban J connectivity index is 0.000000178. The molecular formula is C34H22Br2F6O3. The van der Waals surface area contributed by atoms with Crippen molar-refractivity contribution in [2.45, 2.75) is 32.6 Å². The smallest absolute Gasteiger partial charge is 0.416 e. The normalized spacial score (nSPS) is 12.0. The second-order valence-electron chi connectivity index (χ2n) is 10.2. The van der Waals surface area contributed by atoms with Crippen molar-refractivity contribution in [1.29, 1.82) is 0 Å². The maximum Gasteiger partial charge on any atom is 0.416 e. The number of benzene rings is 4. The van der Waals surface area contributed by atoms with Gasteiger partial charge in [-0.15, -0.1) is 0 Å². The molecule has 0 aliphatic rings. The Kier molecular flexibility index (Phi) is 9.06. The first kappa shape index (κ1) is 32.6. The zero-order chi connectivity index (χ0) is 32.7. The number of fused-ring (bicyclic) bond motifs is 2. The molecule has 0 saturated heterocycles. The largest absolute Gasteiger partial charge is 0.459 e. The standard InChI is InChI=1S/C17H10BrF3O2.C17H12BrF3O/c1-9-12-6-3-7-13(18)16(12)23-15(9)14(22)10-4-2-5-11(8-10)17(19,20)21;1-10-13-6-3-7-14(18)16(13)22-15(10)9-11-4-2-5-12(8-11)17(19,20)21/h2-8H,1H3;2-8H,9H2,1H3. The van der Waals surface area contributed by atoms with Gasteiger partial charge in [0.15, 0.2) is 5.76 Å². The molecule has 3 nitrogen and oxygen atoms in total. The van der Waals surface area contributed by atoms with Crippen LogP contribution >= 0.6 is 31.9 Å². The summed E-state index contributed by atoms with van der Waals surface area (Å²) in [4.78, 5) is 12.6. The number of ketones is 1. The molecule has 0 amide bonds. The highest BCUT2D eigenvalue weighted by Gasteiger charge is 2.32. The minimum Gasteiger partial charge on any atom is -0.459 e. The van der Waals surface area contributed by atoms with Crippen LogP contribution in [0.5, 0.6) is 0 Å². The second kappa shape index (κ2) is 12.5. The summed E-state index contributed by atoms with van der Waals surface area (Å²) >= 11 is 6.76. The number of halogens is 8. The Morgan fingerprint density at radius 3 is 1.73 bits per heavy atom. The molecule has 0 aliphatic heterocycles. The van der Waals surface area contributed by atoms with Gasteiger partial charge in [-0.05, 0) is 87.2 Å². The van der Waals surface area contributed by atoms with Crippen LogP contribution in [0.4, 0.5) is 26.3 Å². The van der Waals surface area contributed by atoms with Gasteiger partial charge in [0.1, 0.15) is 16.9 Å². The van der Waals surface area contributed by atoms with Crippen molar-refractivity contribution in [1.82, 2.24) is 0 Å². The number of aryl methyl sites for hydroxylation is 2. The van der Waals surface area contributed by atoms with Gasteiger partial charge >= 0.3 is 12.4 Å². The number of carbonyl (C=O) groups is 1. The predicted octanol–water partition coefficient (Wildman–Crippen LogP) is 11.9. The first-order valence-corrected chi connectivity index (χ1v) is 15.0. The average Bonchev–Trinajstić information content (AvgIpc) is 3.50. The highest BCUT2D eigenvalue weighted by molar-refractivity contribution is 9.11. The predicted molar refractivity (Wildman–Crippen MR) is 166 cm³/mol. The molecule has 0 atom stereocenters. The summed E-state index contributed by atoms with van der Waals surface area (Å²) in [5.41, 5.74) is 1.80. The lowest BCUT2D eigenvalue weighted by atomic mass is 10.0. The van der Waals surface area contributed by atoms with E-state index in [2.05, 4.69) is 31.9 Å². The SMILES string of the molecule is Cc1c(C(=O)c2cccc(C(F)(F)F)c2)oc2c(Br)cccc12.Cc1c(Cc2cccc(C(F)(F)F)c2)oc2c(Br)cccc12. The molecule has 0 saturated carbocycles. The van der Waals surface area contributed by atoms with E-state index in [9.17, 15) is 31.1 Å². The zero-order valence-electron chi connectivity index (χ0n) is 23.5. The van der Waals surface area contributed by atoms with E-state index in [-0.39, 0.29) is 11.3 Å². The molecule has 2 heterocycles. The van der Waals surface area contributed by atoms with Crippen LogP contribution in [0.2, 0.25) is 0 Å². The lowest BCUT2D eigenvalue weighted by molar-refractivity contribution is -0.138. The summed E-state index contributed by atoms with van der Waals surface area (Å²) in [6.45, 7) is 3.63. The van der Waals surface area contributed by atoms with Gasteiger partial charge in [0.2, 0.25) is 5.78 Å². The van der Waals surface area contributed by atoms with Gasteiger partial charge in [-0.3, -0.25) is 4.79 Å². The molecule has 4 aromatic carbocycles. The van der Waals surface area contributed by atoms with E-state index in [1.165, 1.54) is 24.3 Å². The molecule has 11 heteroatoms. The summed E-state index contributed by atoms with van der Waals surface area (Å²) in [7, 11) is 0. The summed E-state index contributed by atoms with van der Waals surface area (Å²) < 4.78 is 89.6. The molecule has 0 radical (unpaired) electrons. The van der Waals surface area contributed by atoms with Crippen molar-refractivity contribution in [3.05, 3.63) is 139 Å². The third-order valence-corrected chi connectivity index (χ3v) is 8.46. The zero-order valence-corrected chi connectivity index (χ0v) is 26.7. The number of hydrogen-bond donors (Lipinski definition) is 0. The minimum absolute atomic E-state index is 0.0474. The van der Waals surface area contributed by atoms with Crippen LogP contribution in [0.15, 0.2) is 103 Å². The van der Waals surface area contributed by atoms with Crippen LogP contribution in [0.1, 0.15) is 49.7 Å². The molecule has 2 aromatic heterocycles. The van der Waals surface area contributed by atoms with Crippen LogP contribution in [0, 0.1) is 13.8 Å². The van der Waals surface area contributed by atoms with Gasteiger partial charge in [0.25, 0.3) is 0 Å². The Hall–Kier alpha value is -3.83. The lowest BCUT2D eigenvalue weighted by Crippen LogP contribution is -2.08. The van der Waals surface area contributed by atoms with Crippen LogP contribution in [0.25, 0.3) is 21.9 Å². The van der Waals surface area contributed by atoms with Crippen molar-refractivity contribution in [3.63, 3.8) is 0 Å². The number of para-hydroxylation sites is 2. The highest BCUT2D eigenvalue weighted by Crippen LogP contribution is 2.35. The number of hydrogen-bond acceptors (Lipinski definition) is 3. The maximum atomic E-state index is 12.8. The van der Waals surface area contributed by atoms with Crippen molar-refractivity contribution in [2.75, 3.05) is 0 Å². The lowest BCUT2D eigenvalue weighted by Gasteiger charge is -2.08. The van der Waals surface area contributed by atoms with E-state index < -0.39 is 29.3 Å². The van der Waals surface area contributed by atoms with Crippen LogP contribution in [-0.2, 0) is 18.8 Å². The first-order chi connectivity index (χ1) is 21.1. The van der Waals surface area contributed by atoms with E-state index in [0.717, 1.165) is 44.6 Å². The van der Waals surface area contributed by atoms with Crippen molar-refractivity contribution in [3.8, 4) is 0 Å². The van der Waals surface area contributed by atoms with E-state index in [1.54, 1.807) is 31.2 Å². The molecule has 0 unspecified atom stereocenters. The van der Waals surface area contributed by atoms with Gasteiger partial charge in [0.05, 0.1) is 20.1 Å². The van der Waals surface area contributed by atoms with E-state index in [4.69, 9.17) is 8.83 Å². The molecule has 6 rings (SSSR count). The third-order valence-electron chi connectivity index (χ3n) is 7.21. The average molecular weight is 752 g/mol. The van der Waals surface area contributed by atoms with E-state index in [1.807, 2.05) is 25.1 Å². The number of furan rings is 2. The topological polar surface area (TPSA) is 43.4 Å². The summed E-state index contributed by atoms with van der Waals surface area (Å²) in [5, 5.41) is 1.71. The summed E-state index contributed by atoms with van der Waals surface area (Å²) in [5.74, 6) is 0.157. The number of alkyl halides is 6. The fourth-order valence-electron chi connectivity index (χ4n) is 4.86. The highest BCUT2D eigenvalue weighted by atomic mass is 79.9. The Morgan fingerprint density at radius 1 is 0.667 bits per heavy atom. The fraction of sp³-hybridized carbons (Fsp3) is 0.147. The molecular weight excluding hydrogens is 730 g/mol. The molecule has 0 fully saturated rings. The molecule has 0 N–H and O–H groups in total. The van der Waals surface area contributed by atoms with E-state index in [0.29, 0.717) is 33.4 Å². The Labute approximate surface area is 270 Å². The fourth-order valence-corrected chi connectivity index (χ4v) is 5.76. The Morgan fingerprint density at radius 2 is 1.18 bits per heavy atom. The van der Waals surface area contributed by atoms with Crippen LogP contribution in [0.3, 0.4) is 0 Å². The quantitative estimate of drug-likeness (QED) is 0.133. The van der Waals surface area contributed by atoms with Crippen molar-refractivity contribution in [2.24, 2.45) is 0 Å². The summed E-state index contributed by atoms with van der Waals surface area (Å²) in [6.07, 6.45) is -8.50. The van der Waals surface area contributed by atoms with Gasteiger partial charge in [0, 0.05) is 28.3 Å². The van der Waals surface area contributed by atoms with E-state index >= 15 is 0 Å². The summed E-state index contributed by atoms with van der Waals surface area (Å²) in [6, 6.07) is 20.7. The van der Waals surface area contributed by atoms with Gasteiger partial charge in [-0.1, -0.05) is 54.6 Å². The first-order valence-electron chi connectivity index (χ1n) is 13.4. The van der Waals surface area contributed by atoms with Crippen LogP contribution < -0.4 is 0 Å². The van der Waals surface area contributed by atoms with Crippen molar-refractivity contribution < 1.29 is 40.0 Å². The van der Waals surface area contributed by atoms with Crippen LogP contribution in [-0.4, -0.2) is 5.78 Å². The van der Waals surface area contributed by atoms with Gasteiger partial charge in [-0.2, -0.15) is 26.3 Å². The molecule has 45 heavy (non-hydrogen) atoms. The molecule has 232 valence electrons. The Bertz CT molecular complexity index is 2040. The molecule has 0 aliphatic carbocycles.